The third kappa shape index (κ3) is 4.93. The molecular formula is C16H22BrNO2. The summed E-state index contributed by atoms with van der Waals surface area (Å²) in [6.45, 7) is 2.43. The van der Waals surface area contributed by atoms with Gasteiger partial charge in [-0.3, -0.25) is 0 Å². The maximum Gasteiger partial charge on any atom is 0.134 e. The fourth-order valence-corrected chi connectivity index (χ4v) is 2.72. The van der Waals surface area contributed by atoms with Gasteiger partial charge in [-0.2, -0.15) is 0 Å². The van der Waals surface area contributed by atoms with E-state index in [0.29, 0.717) is 0 Å². The molecule has 1 N–H and O–H groups in total. The SMILES string of the molecule is COCCNCc1ccc(OC2C=CCCC2)c(Br)c1. The summed E-state index contributed by atoms with van der Waals surface area (Å²) < 4.78 is 12.0. The van der Waals surface area contributed by atoms with Gasteiger partial charge in [0.05, 0.1) is 11.1 Å². The van der Waals surface area contributed by atoms with Gasteiger partial charge in [0, 0.05) is 20.2 Å². The fourth-order valence-electron chi connectivity index (χ4n) is 2.20. The van der Waals surface area contributed by atoms with Gasteiger partial charge in [0.2, 0.25) is 0 Å². The minimum atomic E-state index is 0.214. The lowest BCUT2D eigenvalue weighted by atomic mass is 10.1. The van der Waals surface area contributed by atoms with Gasteiger partial charge in [-0.25, -0.2) is 0 Å². The molecule has 110 valence electrons. The molecule has 0 amide bonds. The maximum absolute atomic E-state index is 6.01. The zero-order chi connectivity index (χ0) is 14.2. The Morgan fingerprint density at radius 2 is 2.30 bits per heavy atom. The molecule has 1 aliphatic rings. The molecule has 3 nitrogen and oxygen atoms in total. The lowest BCUT2D eigenvalue weighted by molar-refractivity contribution is 0.199. The topological polar surface area (TPSA) is 30.5 Å². The van der Waals surface area contributed by atoms with Crippen LogP contribution in [0, 0.1) is 0 Å². The van der Waals surface area contributed by atoms with Crippen LogP contribution in [0.2, 0.25) is 0 Å². The highest BCUT2D eigenvalue weighted by Gasteiger charge is 2.12. The van der Waals surface area contributed by atoms with Crippen LogP contribution in [0.1, 0.15) is 24.8 Å². The first-order valence-electron chi connectivity index (χ1n) is 7.11. The Morgan fingerprint density at radius 3 is 3.00 bits per heavy atom. The summed E-state index contributed by atoms with van der Waals surface area (Å²) in [5.41, 5.74) is 1.24. The number of ether oxygens (including phenoxy) is 2. The first kappa shape index (κ1) is 15.5. The van der Waals surface area contributed by atoms with Crippen molar-refractivity contribution in [2.75, 3.05) is 20.3 Å². The van der Waals surface area contributed by atoms with Crippen molar-refractivity contribution in [3.05, 3.63) is 40.4 Å². The Morgan fingerprint density at radius 1 is 1.40 bits per heavy atom. The number of methoxy groups -OCH3 is 1. The van der Waals surface area contributed by atoms with Crippen molar-refractivity contribution in [3.63, 3.8) is 0 Å². The van der Waals surface area contributed by atoms with Crippen molar-refractivity contribution in [2.45, 2.75) is 31.9 Å². The van der Waals surface area contributed by atoms with E-state index < -0.39 is 0 Å². The van der Waals surface area contributed by atoms with Crippen molar-refractivity contribution in [2.24, 2.45) is 0 Å². The minimum Gasteiger partial charge on any atom is -0.485 e. The molecule has 0 saturated heterocycles. The van der Waals surface area contributed by atoms with E-state index in [-0.39, 0.29) is 6.10 Å². The highest BCUT2D eigenvalue weighted by molar-refractivity contribution is 9.10. The van der Waals surface area contributed by atoms with Gasteiger partial charge in [-0.1, -0.05) is 12.1 Å². The lowest BCUT2D eigenvalue weighted by Crippen LogP contribution is -2.18. The fraction of sp³-hybridized carbons (Fsp3) is 0.500. The second-order valence-corrected chi connectivity index (χ2v) is 5.80. The number of benzene rings is 1. The van der Waals surface area contributed by atoms with Crippen LogP contribution in [0.15, 0.2) is 34.8 Å². The molecule has 0 aromatic heterocycles. The van der Waals surface area contributed by atoms with Gasteiger partial charge in [0.15, 0.2) is 0 Å². The largest absolute Gasteiger partial charge is 0.485 e. The molecule has 0 bridgehead atoms. The first-order chi connectivity index (χ1) is 9.79. The van der Waals surface area contributed by atoms with Crippen molar-refractivity contribution in [1.29, 1.82) is 0 Å². The highest BCUT2D eigenvalue weighted by Crippen LogP contribution is 2.28. The summed E-state index contributed by atoms with van der Waals surface area (Å²) in [5, 5.41) is 3.33. The number of halogens is 1. The van der Waals surface area contributed by atoms with Crippen LogP contribution in [-0.2, 0) is 11.3 Å². The average molecular weight is 340 g/mol. The molecule has 1 unspecified atom stereocenters. The first-order valence-corrected chi connectivity index (χ1v) is 7.90. The average Bonchev–Trinajstić information content (AvgIpc) is 2.47. The normalized spacial score (nSPS) is 18.2. The van der Waals surface area contributed by atoms with E-state index in [0.717, 1.165) is 36.3 Å². The molecule has 0 spiro atoms. The van der Waals surface area contributed by atoms with Gasteiger partial charge in [-0.15, -0.1) is 0 Å². The third-order valence-corrected chi connectivity index (χ3v) is 3.92. The molecule has 0 aliphatic heterocycles. The van der Waals surface area contributed by atoms with Crippen LogP contribution in [-0.4, -0.2) is 26.4 Å². The van der Waals surface area contributed by atoms with E-state index in [1.54, 1.807) is 7.11 Å². The summed E-state index contributed by atoms with van der Waals surface area (Å²) in [6, 6.07) is 6.26. The van der Waals surface area contributed by atoms with Crippen LogP contribution >= 0.6 is 15.9 Å². The number of hydrogen-bond donors (Lipinski definition) is 1. The van der Waals surface area contributed by atoms with E-state index in [9.17, 15) is 0 Å². The van der Waals surface area contributed by atoms with Gasteiger partial charge in [0.1, 0.15) is 11.9 Å². The summed E-state index contributed by atoms with van der Waals surface area (Å²) >= 11 is 3.60. The quantitative estimate of drug-likeness (QED) is 0.607. The number of hydrogen-bond acceptors (Lipinski definition) is 3. The Balaban J connectivity index is 1.88. The Labute approximate surface area is 129 Å². The molecule has 2 rings (SSSR count). The molecule has 1 aromatic rings. The van der Waals surface area contributed by atoms with Crippen molar-refractivity contribution in [3.8, 4) is 5.75 Å². The molecule has 1 aliphatic carbocycles. The van der Waals surface area contributed by atoms with Crippen LogP contribution in [0.5, 0.6) is 5.75 Å². The van der Waals surface area contributed by atoms with Crippen LogP contribution in [0.25, 0.3) is 0 Å². The summed E-state index contributed by atoms with van der Waals surface area (Å²) in [5.74, 6) is 0.919. The highest BCUT2D eigenvalue weighted by atomic mass is 79.9. The van der Waals surface area contributed by atoms with Crippen molar-refractivity contribution >= 4 is 15.9 Å². The van der Waals surface area contributed by atoms with Gasteiger partial charge >= 0.3 is 0 Å². The molecular weight excluding hydrogens is 318 g/mol. The zero-order valence-corrected chi connectivity index (χ0v) is 13.5. The van der Waals surface area contributed by atoms with Crippen LogP contribution in [0.3, 0.4) is 0 Å². The lowest BCUT2D eigenvalue weighted by Gasteiger charge is -2.19. The van der Waals surface area contributed by atoms with E-state index in [2.05, 4.69) is 45.5 Å². The van der Waals surface area contributed by atoms with Gasteiger partial charge < -0.3 is 14.8 Å². The second-order valence-electron chi connectivity index (χ2n) is 4.95. The standard InChI is InChI=1S/C16H22BrNO2/c1-19-10-9-18-12-13-7-8-16(15(17)11-13)20-14-5-3-2-4-6-14/h3,5,7-8,11,14,18H,2,4,6,9-10,12H2,1H3. The Kier molecular flexibility index (Phi) is 6.57. The Hall–Kier alpha value is -0.840. The molecule has 1 atom stereocenters. The predicted molar refractivity (Wildman–Crippen MR) is 85.1 cm³/mol. The maximum atomic E-state index is 6.01. The van der Waals surface area contributed by atoms with E-state index >= 15 is 0 Å². The predicted octanol–water partition coefficient (Wildman–Crippen LogP) is 3.67. The molecule has 0 heterocycles. The summed E-state index contributed by atoms with van der Waals surface area (Å²) in [7, 11) is 1.71. The van der Waals surface area contributed by atoms with Crippen LogP contribution < -0.4 is 10.1 Å². The van der Waals surface area contributed by atoms with Gasteiger partial charge in [0.25, 0.3) is 0 Å². The molecule has 0 radical (unpaired) electrons. The van der Waals surface area contributed by atoms with Crippen LogP contribution in [0.4, 0.5) is 0 Å². The summed E-state index contributed by atoms with van der Waals surface area (Å²) in [6.07, 6.45) is 8.06. The smallest absolute Gasteiger partial charge is 0.134 e. The van der Waals surface area contributed by atoms with Gasteiger partial charge in [-0.05, 0) is 59.0 Å². The van der Waals surface area contributed by atoms with Crippen molar-refractivity contribution < 1.29 is 9.47 Å². The monoisotopic (exact) mass is 339 g/mol. The third-order valence-electron chi connectivity index (χ3n) is 3.30. The molecule has 4 heteroatoms. The number of nitrogens with one attached hydrogen (secondary N) is 1. The molecule has 0 saturated carbocycles. The number of allylic oxidation sites excluding steroid dienone is 1. The second kappa shape index (κ2) is 8.45. The molecule has 0 fully saturated rings. The minimum absolute atomic E-state index is 0.214. The van der Waals surface area contributed by atoms with E-state index in [1.807, 2.05) is 6.07 Å². The molecule has 1 aromatic carbocycles. The molecule has 20 heavy (non-hydrogen) atoms. The van der Waals surface area contributed by atoms with Crippen molar-refractivity contribution in [1.82, 2.24) is 5.32 Å². The van der Waals surface area contributed by atoms with E-state index in [4.69, 9.17) is 9.47 Å². The zero-order valence-electron chi connectivity index (χ0n) is 11.9. The Bertz CT molecular complexity index is 448. The number of rotatable bonds is 7. The summed E-state index contributed by atoms with van der Waals surface area (Å²) in [4.78, 5) is 0. The van der Waals surface area contributed by atoms with E-state index in [1.165, 1.54) is 18.4 Å².